The first kappa shape index (κ1) is 19.3. The maximum Gasteiger partial charge on any atom is 0.244 e. The Morgan fingerprint density at radius 2 is 2.00 bits per heavy atom. The summed E-state index contributed by atoms with van der Waals surface area (Å²) in [5.41, 5.74) is 5.00. The minimum atomic E-state index is -0.0221. The van der Waals surface area contributed by atoms with Gasteiger partial charge < -0.3 is 10.1 Å². The molecule has 2 atom stereocenters. The molecule has 0 aromatic heterocycles. The van der Waals surface area contributed by atoms with Crippen LogP contribution in [0.25, 0.3) is 5.70 Å². The molecule has 6 nitrogen and oxygen atoms in total. The van der Waals surface area contributed by atoms with Gasteiger partial charge in [0.1, 0.15) is 5.75 Å². The van der Waals surface area contributed by atoms with Crippen LogP contribution < -0.4 is 15.5 Å². The van der Waals surface area contributed by atoms with Crippen LogP contribution in [0.5, 0.6) is 5.75 Å². The first-order valence-electron chi connectivity index (χ1n) is 9.78. The standard InChI is InChI=1S/C21H29N3O3/c1-15-5-3-4-6-18(15)22-20(25)13-14-24-21(26)12-11-19(23-24)16-7-9-17(27-2)10-8-16/h7-11,15,18,23H,3-6,12-14H2,1-2H3,(H,22,25). The molecule has 0 spiro atoms. The van der Waals surface area contributed by atoms with Gasteiger partial charge in [-0.1, -0.05) is 19.8 Å². The van der Waals surface area contributed by atoms with Crippen molar-refractivity contribution in [2.45, 2.75) is 51.5 Å². The molecule has 2 unspecified atom stereocenters. The van der Waals surface area contributed by atoms with Gasteiger partial charge in [0.25, 0.3) is 0 Å². The Hall–Kier alpha value is -2.50. The first-order valence-corrected chi connectivity index (χ1v) is 9.78. The third-order valence-electron chi connectivity index (χ3n) is 5.46. The van der Waals surface area contributed by atoms with Crippen LogP contribution in [0.3, 0.4) is 0 Å². The molecule has 3 rings (SSSR count). The number of carbonyl (C=O) groups excluding carboxylic acids is 2. The number of nitrogens with zero attached hydrogens (tertiary/aromatic N) is 1. The van der Waals surface area contributed by atoms with Crippen molar-refractivity contribution in [3.63, 3.8) is 0 Å². The average molecular weight is 371 g/mol. The van der Waals surface area contributed by atoms with Gasteiger partial charge in [-0.3, -0.25) is 20.0 Å². The Bertz CT molecular complexity index is 699. The molecule has 146 valence electrons. The van der Waals surface area contributed by atoms with Gasteiger partial charge in [0, 0.05) is 18.9 Å². The van der Waals surface area contributed by atoms with E-state index in [9.17, 15) is 9.59 Å². The number of carbonyl (C=O) groups is 2. The fourth-order valence-electron chi connectivity index (χ4n) is 3.71. The number of hydrazine groups is 1. The van der Waals surface area contributed by atoms with E-state index in [2.05, 4.69) is 17.7 Å². The molecule has 1 aromatic rings. The van der Waals surface area contributed by atoms with E-state index >= 15 is 0 Å². The lowest BCUT2D eigenvalue weighted by Gasteiger charge is -2.31. The van der Waals surface area contributed by atoms with Crippen LogP contribution >= 0.6 is 0 Å². The predicted molar refractivity (Wildman–Crippen MR) is 105 cm³/mol. The summed E-state index contributed by atoms with van der Waals surface area (Å²) in [6.07, 6.45) is 7.17. The maximum atomic E-state index is 12.3. The van der Waals surface area contributed by atoms with Gasteiger partial charge in [0.15, 0.2) is 0 Å². The summed E-state index contributed by atoms with van der Waals surface area (Å²) in [6, 6.07) is 7.94. The molecular formula is C21H29N3O3. The van der Waals surface area contributed by atoms with Gasteiger partial charge in [-0.25, -0.2) is 0 Å². The maximum absolute atomic E-state index is 12.3. The molecule has 1 aliphatic heterocycles. The zero-order valence-corrected chi connectivity index (χ0v) is 16.2. The molecule has 6 heteroatoms. The average Bonchev–Trinajstić information content (AvgIpc) is 2.69. The molecule has 1 aromatic carbocycles. The van der Waals surface area contributed by atoms with Gasteiger partial charge in [-0.05, 0) is 54.7 Å². The van der Waals surface area contributed by atoms with E-state index in [0.717, 1.165) is 23.4 Å². The van der Waals surface area contributed by atoms with Crippen molar-refractivity contribution in [3.05, 3.63) is 35.9 Å². The first-order chi connectivity index (χ1) is 13.1. The molecular weight excluding hydrogens is 342 g/mol. The normalized spacial score (nSPS) is 22.7. The van der Waals surface area contributed by atoms with E-state index in [1.54, 1.807) is 12.1 Å². The molecule has 2 aliphatic rings. The molecule has 2 N–H and O–H groups in total. The van der Waals surface area contributed by atoms with E-state index in [4.69, 9.17) is 4.74 Å². The highest BCUT2D eigenvalue weighted by molar-refractivity contribution is 5.84. The van der Waals surface area contributed by atoms with Crippen LogP contribution in [0.4, 0.5) is 0 Å². The van der Waals surface area contributed by atoms with Crippen molar-refractivity contribution in [1.29, 1.82) is 0 Å². The summed E-state index contributed by atoms with van der Waals surface area (Å²) in [5, 5.41) is 4.69. The van der Waals surface area contributed by atoms with Gasteiger partial charge in [0.2, 0.25) is 11.8 Å². The topological polar surface area (TPSA) is 70.7 Å². The summed E-state index contributed by atoms with van der Waals surface area (Å²) in [6.45, 7) is 2.56. The van der Waals surface area contributed by atoms with Crippen molar-refractivity contribution in [1.82, 2.24) is 15.8 Å². The number of nitrogens with one attached hydrogen (secondary N) is 2. The predicted octanol–water partition coefficient (Wildman–Crippen LogP) is 2.86. The van der Waals surface area contributed by atoms with Gasteiger partial charge in [-0.2, -0.15) is 0 Å². The third kappa shape index (κ3) is 5.02. The second kappa shape index (κ2) is 8.93. The molecule has 1 fully saturated rings. The monoisotopic (exact) mass is 371 g/mol. The number of amides is 2. The Kier molecular flexibility index (Phi) is 6.37. The summed E-state index contributed by atoms with van der Waals surface area (Å²) in [4.78, 5) is 24.5. The smallest absolute Gasteiger partial charge is 0.244 e. The highest BCUT2D eigenvalue weighted by Gasteiger charge is 2.24. The number of ether oxygens (including phenoxy) is 1. The largest absolute Gasteiger partial charge is 0.497 e. The highest BCUT2D eigenvalue weighted by Crippen LogP contribution is 2.24. The van der Waals surface area contributed by atoms with Crippen LogP contribution in [0.15, 0.2) is 30.3 Å². The lowest BCUT2D eigenvalue weighted by Crippen LogP contribution is -2.47. The molecule has 27 heavy (non-hydrogen) atoms. The summed E-state index contributed by atoms with van der Waals surface area (Å²) in [5.74, 6) is 1.31. The molecule has 1 aliphatic carbocycles. The van der Waals surface area contributed by atoms with E-state index in [1.807, 2.05) is 30.3 Å². The fraction of sp³-hybridized carbons (Fsp3) is 0.524. The minimum Gasteiger partial charge on any atom is -0.497 e. The van der Waals surface area contributed by atoms with Crippen LogP contribution in [-0.4, -0.2) is 36.5 Å². The number of hydrogen-bond donors (Lipinski definition) is 2. The summed E-state index contributed by atoms with van der Waals surface area (Å²) in [7, 11) is 1.63. The molecule has 0 bridgehead atoms. The minimum absolute atomic E-state index is 0.0175. The molecule has 1 saturated carbocycles. The van der Waals surface area contributed by atoms with Crippen molar-refractivity contribution in [2.24, 2.45) is 5.92 Å². The number of rotatable bonds is 6. The summed E-state index contributed by atoms with van der Waals surface area (Å²) >= 11 is 0. The number of hydrogen-bond acceptors (Lipinski definition) is 4. The Balaban J connectivity index is 1.52. The lowest BCUT2D eigenvalue weighted by molar-refractivity contribution is -0.133. The van der Waals surface area contributed by atoms with Gasteiger partial charge in [0.05, 0.1) is 19.4 Å². The van der Waals surface area contributed by atoms with Crippen molar-refractivity contribution in [2.75, 3.05) is 13.7 Å². The van der Waals surface area contributed by atoms with Crippen LogP contribution in [0.1, 0.15) is 51.0 Å². The van der Waals surface area contributed by atoms with Crippen LogP contribution in [-0.2, 0) is 9.59 Å². The van der Waals surface area contributed by atoms with E-state index in [1.165, 1.54) is 19.3 Å². The van der Waals surface area contributed by atoms with E-state index in [-0.39, 0.29) is 17.9 Å². The van der Waals surface area contributed by atoms with Crippen molar-refractivity contribution >= 4 is 17.5 Å². The Morgan fingerprint density at radius 1 is 1.26 bits per heavy atom. The SMILES string of the molecule is COc1ccc(C2=CCC(=O)N(CCC(=O)NC3CCCCC3C)N2)cc1. The molecule has 2 amide bonds. The quantitative estimate of drug-likeness (QED) is 0.807. The van der Waals surface area contributed by atoms with E-state index < -0.39 is 0 Å². The van der Waals surface area contributed by atoms with Crippen molar-refractivity contribution in [3.8, 4) is 5.75 Å². The Morgan fingerprint density at radius 3 is 2.70 bits per heavy atom. The van der Waals surface area contributed by atoms with Crippen LogP contribution in [0.2, 0.25) is 0 Å². The van der Waals surface area contributed by atoms with Gasteiger partial charge >= 0.3 is 0 Å². The second-order valence-corrected chi connectivity index (χ2v) is 7.39. The van der Waals surface area contributed by atoms with Crippen molar-refractivity contribution < 1.29 is 14.3 Å². The Labute approximate surface area is 160 Å². The fourth-order valence-corrected chi connectivity index (χ4v) is 3.71. The second-order valence-electron chi connectivity index (χ2n) is 7.39. The number of methoxy groups -OCH3 is 1. The lowest BCUT2D eigenvalue weighted by atomic mass is 9.86. The highest BCUT2D eigenvalue weighted by atomic mass is 16.5. The van der Waals surface area contributed by atoms with E-state index in [0.29, 0.717) is 25.3 Å². The zero-order chi connectivity index (χ0) is 19.2. The zero-order valence-electron chi connectivity index (χ0n) is 16.2. The molecule has 1 heterocycles. The van der Waals surface area contributed by atoms with Gasteiger partial charge in [-0.15, -0.1) is 0 Å². The molecule has 0 radical (unpaired) electrons. The van der Waals surface area contributed by atoms with Crippen LogP contribution in [0, 0.1) is 5.92 Å². The third-order valence-corrected chi connectivity index (χ3v) is 5.46. The summed E-state index contributed by atoms with van der Waals surface area (Å²) < 4.78 is 5.18. The molecule has 0 saturated heterocycles. The number of benzene rings is 1.